The highest BCUT2D eigenvalue weighted by Gasteiger charge is 2.08. The summed E-state index contributed by atoms with van der Waals surface area (Å²) in [5.41, 5.74) is 6.45. The minimum absolute atomic E-state index is 0.0957. The van der Waals surface area contributed by atoms with Crippen molar-refractivity contribution in [2.24, 2.45) is 0 Å². The number of carbonyl (C=O) groups excluding carboxylic acids is 2. The molecule has 5 heteroatoms. The largest absolute Gasteiger partial charge is 0.480 e. The molecular weight excluding hydrogens is 234 g/mol. The predicted octanol–water partition coefficient (Wildman–Crippen LogP) is 1.03. The van der Waals surface area contributed by atoms with Gasteiger partial charge in [0.15, 0.2) is 19.0 Å². The molecule has 0 atom stereocenters. The number of nitrogens with two attached hydrogens (primary N) is 1. The molecule has 1 rings (SSSR count). The molecule has 0 aliphatic heterocycles. The van der Waals surface area contributed by atoms with E-state index >= 15 is 0 Å². The molecule has 0 saturated carbocycles. The van der Waals surface area contributed by atoms with E-state index < -0.39 is 5.97 Å². The first kappa shape index (κ1) is 13.6. The molecule has 0 radical (unpaired) electrons. The number of rotatable bonds is 5. The van der Waals surface area contributed by atoms with Gasteiger partial charge in [0.1, 0.15) is 5.75 Å². The molecular formula is C13H13NO4. The molecule has 1 aromatic carbocycles. The van der Waals surface area contributed by atoms with Gasteiger partial charge in [-0.3, -0.25) is 4.79 Å². The van der Waals surface area contributed by atoms with Gasteiger partial charge in [-0.15, -0.1) is 6.42 Å². The van der Waals surface area contributed by atoms with Crippen LogP contribution in [0.3, 0.4) is 0 Å². The summed E-state index contributed by atoms with van der Waals surface area (Å²) in [5, 5.41) is 0. The average molecular weight is 247 g/mol. The third kappa shape index (κ3) is 3.83. The Labute approximate surface area is 105 Å². The Balaban J connectivity index is 2.61. The van der Waals surface area contributed by atoms with E-state index in [2.05, 4.69) is 10.7 Å². The van der Waals surface area contributed by atoms with Crippen molar-refractivity contribution in [2.45, 2.75) is 6.92 Å². The predicted molar refractivity (Wildman–Crippen MR) is 66.1 cm³/mol. The molecule has 0 fully saturated rings. The van der Waals surface area contributed by atoms with E-state index in [0.29, 0.717) is 11.3 Å². The third-order valence-corrected chi connectivity index (χ3v) is 2.08. The first-order valence-corrected chi connectivity index (χ1v) is 5.17. The monoisotopic (exact) mass is 247 g/mol. The van der Waals surface area contributed by atoms with Gasteiger partial charge in [0, 0.05) is 5.56 Å². The fourth-order valence-electron chi connectivity index (χ4n) is 1.20. The molecule has 1 aromatic rings. The number of benzene rings is 1. The average Bonchev–Trinajstić information content (AvgIpc) is 2.34. The number of Topliss-reactive ketones (excluding diaryl/α,β-unsaturated/α-hetero) is 1. The molecule has 0 aromatic heterocycles. The van der Waals surface area contributed by atoms with Gasteiger partial charge >= 0.3 is 5.97 Å². The van der Waals surface area contributed by atoms with Crippen LogP contribution in [0.5, 0.6) is 5.75 Å². The molecule has 5 nitrogen and oxygen atoms in total. The van der Waals surface area contributed by atoms with E-state index in [4.69, 9.17) is 16.9 Å². The van der Waals surface area contributed by atoms with Crippen molar-refractivity contribution in [1.82, 2.24) is 0 Å². The van der Waals surface area contributed by atoms with Crippen LogP contribution in [0.1, 0.15) is 17.3 Å². The van der Waals surface area contributed by atoms with E-state index in [1.807, 2.05) is 0 Å². The maximum Gasteiger partial charge on any atom is 0.345 e. The number of anilines is 1. The summed E-state index contributed by atoms with van der Waals surface area (Å²) in [4.78, 5) is 22.2. The van der Waals surface area contributed by atoms with Crippen LogP contribution < -0.4 is 10.5 Å². The van der Waals surface area contributed by atoms with Crippen molar-refractivity contribution < 1.29 is 19.1 Å². The van der Waals surface area contributed by atoms with Crippen molar-refractivity contribution in [3.05, 3.63) is 23.8 Å². The standard InChI is InChI=1S/C13H13NO4/c1-3-6-17-13(16)8-18-12-5-4-10(9(2)15)7-11(12)14/h1,4-5,7H,6,8,14H2,2H3. The fourth-order valence-corrected chi connectivity index (χ4v) is 1.20. The third-order valence-electron chi connectivity index (χ3n) is 2.08. The second-order valence-electron chi connectivity index (χ2n) is 3.46. The van der Waals surface area contributed by atoms with E-state index in [9.17, 15) is 9.59 Å². The molecule has 0 saturated heterocycles. The quantitative estimate of drug-likeness (QED) is 0.364. The maximum absolute atomic E-state index is 11.1. The van der Waals surface area contributed by atoms with Crippen LogP contribution in [0, 0.1) is 12.3 Å². The number of carbonyl (C=O) groups is 2. The molecule has 0 unspecified atom stereocenters. The van der Waals surface area contributed by atoms with Crippen LogP contribution in [-0.2, 0) is 9.53 Å². The highest BCUT2D eigenvalue weighted by atomic mass is 16.6. The van der Waals surface area contributed by atoms with Crippen molar-refractivity contribution in [3.8, 4) is 18.1 Å². The zero-order valence-electron chi connectivity index (χ0n) is 9.93. The number of terminal acetylenes is 1. The number of hydrogen-bond donors (Lipinski definition) is 1. The molecule has 2 N–H and O–H groups in total. The molecule has 94 valence electrons. The van der Waals surface area contributed by atoms with Gasteiger partial charge in [-0.2, -0.15) is 0 Å². The van der Waals surface area contributed by atoms with E-state index in [1.165, 1.54) is 19.1 Å². The lowest BCUT2D eigenvalue weighted by Crippen LogP contribution is -2.15. The number of esters is 1. The molecule has 0 aliphatic carbocycles. The lowest BCUT2D eigenvalue weighted by molar-refractivity contribution is -0.144. The van der Waals surface area contributed by atoms with Crippen molar-refractivity contribution in [3.63, 3.8) is 0 Å². The SMILES string of the molecule is C#CCOC(=O)COc1ccc(C(C)=O)cc1N. The van der Waals surface area contributed by atoms with E-state index in [-0.39, 0.29) is 24.7 Å². The topological polar surface area (TPSA) is 78.6 Å². The van der Waals surface area contributed by atoms with Gasteiger partial charge in [0.05, 0.1) is 5.69 Å². The van der Waals surface area contributed by atoms with Crippen LogP contribution in [-0.4, -0.2) is 25.0 Å². The molecule has 0 heterocycles. The summed E-state index contributed by atoms with van der Waals surface area (Å²) in [5.74, 6) is 1.81. The van der Waals surface area contributed by atoms with Crippen LogP contribution in [0.4, 0.5) is 5.69 Å². The molecule has 0 spiro atoms. The zero-order chi connectivity index (χ0) is 13.5. The van der Waals surface area contributed by atoms with E-state index in [0.717, 1.165) is 0 Å². The Morgan fingerprint density at radius 3 is 2.72 bits per heavy atom. The Morgan fingerprint density at radius 1 is 1.44 bits per heavy atom. The second-order valence-corrected chi connectivity index (χ2v) is 3.46. The number of ketones is 1. The van der Waals surface area contributed by atoms with Crippen LogP contribution >= 0.6 is 0 Å². The zero-order valence-corrected chi connectivity index (χ0v) is 9.93. The van der Waals surface area contributed by atoms with Crippen molar-refractivity contribution >= 4 is 17.4 Å². The number of hydrogen-bond acceptors (Lipinski definition) is 5. The molecule has 18 heavy (non-hydrogen) atoms. The Kier molecular flexibility index (Phi) is 4.76. The van der Waals surface area contributed by atoms with Gasteiger partial charge < -0.3 is 15.2 Å². The summed E-state index contributed by atoms with van der Waals surface area (Å²) in [6.45, 7) is 1.05. The van der Waals surface area contributed by atoms with Crippen molar-refractivity contribution in [1.29, 1.82) is 0 Å². The molecule has 0 amide bonds. The number of nitrogen functional groups attached to an aromatic ring is 1. The molecule has 0 bridgehead atoms. The first-order chi connectivity index (χ1) is 8.54. The lowest BCUT2D eigenvalue weighted by atomic mass is 10.1. The summed E-state index contributed by atoms with van der Waals surface area (Å²) in [6.07, 6.45) is 4.93. The Bertz CT molecular complexity index is 502. The first-order valence-electron chi connectivity index (χ1n) is 5.17. The summed E-state index contributed by atoms with van der Waals surface area (Å²) in [7, 11) is 0. The maximum atomic E-state index is 11.1. The summed E-state index contributed by atoms with van der Waals surface area (Å²) in [6, 6.07) is 4.59. The highest BCUT2D eigenvalue weighted by Crippen LogP contribution is 2.22. The van der Waals surface area contributed by atoms with Gasteiger partial charge in [0.2, 0.25) is 0 Å². The summed E-state index contributed by atoms with van der Waals surface area (Å²) < 4.78 is 9.77. The highest BCUT2D eigenvalue weighted by molar-refractivity contribution is 5.95. The van der Waals surface area contributed by atoms with Gasteiger partial charge in [0.25, 0.3) is 0 Å². The van der Waals surface area contributed by atoms with Crippen LogP contribution in [0.2, 0.25) is 0 Å². The smallest absolute Gasteiger partial charge is 0.345 e. The minimum atomic E-state index is -0.581. The van der Waals surface area contributed by atoms with Gasteiger partial charge in [-0.05, 0) is 25.1 Å². The Morgan fingerprint density at radius 2 is 2.17 bits per heavy atom. The van der Waals surface area contributed by atoms with Crippen molar-refractivity contribution in [2.75, 3.05) is 18.9 Å². The minimum Gasteiger partial charge on any atom is -0.480 e. The second kappa shape index (κ2) is 6.30. The van der Waals surface area contributed by atoms with Gasteiger partial charge in [-0.1, -0.05) is 5.92 Å². The van der Waals surface area contributed by atoms with Crippen LogP contribution in [0.15, 0.2) is 18.2 Å². The normalized spacial score (nSPS) is 9.33. The summed E-state index contributed by atoms with van der Waals surface area (Å²) >= 11 is 0. The molecule has 0 aliphatic rings. The Hall–Kier alpha value is -2.48. The van der Waals surface area contributed by atoms with Gasteiger partial charge in [-0.25, -0.2) is 4.79 Å². The number of ether oxygens (including phenoxy) is 2. The lowest BCUT2D eigenvalue weighted by Gasteiger charge is -2.08. The van der Waals surface area contributed by atoms with Crippen LogP contribution in [0.25, 0.3) is 0 Å². The van der Waals surface area contributed by atoms with E-state index in [1.54, 1.807) is 6.07 Å². The fraction of sp³-hybridized carbons (Fsp3) is 0.231.